The third kappa shape index (κ3) is 4.61. The van der Waals surface area contributed by atoms with Crippen molar-refractivity contribution < 1.29 is 18.7 Å². The van der Waals surface area contributed by atoms with Crippen LogP contribution in [0.25, 0.3) is 0 Å². The lowest BCUT2D eigenvalue weighted by atomic mass is 10.1. The number of amides is 1. The van der Waals surface area contributed by atoms with Crippen LogP contribution in [-0.2, 0) is 11.2 Å². The monoisotopic (exact) mass is 369 g/mol. The van der Waals surface area contributed by atoms with Gasteiger partial charge in [0.05, 0.1) is 17.0 Å². The molecule has 0 radical (unpaired) electrons. The van der Waals surface area contributed by atoms with Crippen molar-refractivity contribution in [1.82, 2.24) is 5.32 Å². The molecule has 2 N–H and O–H groups in total. The van der Waals surface area contributed by atoms with Crippen molar-refractivity contribution in [3.05, 3.63) is 69.7 Å². The molecule has 0 spiro atoms. The first-order valence-electron chi connectivity index (χ1n) is 6.60. The highest BCUT2D eigenvalue weighted by Crippen LogP contribution is 2.17. The van der Waals surface area contributed by atoms with Gasteiger partial charge >= 0.3 is 0 Å². The molecule has 6 heteroatoms. The molecule has 3 nitrogen and oxygen atoms in total. The van der Waals surface area contributed by atoms with Crippen LogP contribution < -0.4 is 5.32 Å². The summed E-state index contributed by atoms with van der Waals surface area (Å²) in [6, 6.07) is 9.75. The van der Waals surface area contributed by atoms with Crippen LogP contribution >= 0.6 is 15.9 Å². The third-order valence-corrected chi connectivity index (χ3v) is 3.70. The maximum Gasteiger partial charge on any atom is 0.224 e. The molecule has 0 aliphatic rings. The fraction of sp³-hybridized carbons (Fsp3) is 0.188. The predicted molar refractivity (Wildman–Crippen MR) is 82.2 cm³/mol. The van der Waals surface area contributed by atoms with Gasteiger partial charge in [-0.2, -0.15) is 0 Å². The van der Waals surface area contributed by atoms with E-state index in [1.54, 1.807) is 0 Å². The smallest absolute Gasteiger partial charge is 0.224 e. The number of carbonyl (C=O) groups is 1. The molecule has 0 saturated heterocycles. The van der Waals surface area contributed by atoms with Gasteiger partial charge in [0.25, 0.3) is 0 Å². The number of hydrogen-bond donors (Lipinski definition) is 2. The predicted octanol–water partition coefficient (Wildman–Crippen LogP) is 3.12. The summed E-state index contributed by atoms with van der Waals surface area (Å²) in [5.41, 5.74) is 1.17. The molecule has 2 aromatic rings. The van der Waals surface area contributed by atoms with Gasteiger partial charge in [0.1, 0.15) is 11.6 Å². The van der Waals surface area contributed by atoms with Crippen molar-refractivity contribution in [3.8, 4) is 0 Å². The van der Waals surface area contributed by atoms with Gasteiger partial charge in [0.2, 0.25) is 5.91 Å². The van der Waals surface area contributed by atoms with Crippen molar-refractivity contribution in [2.75, 3.05) is 6.54 Å². The van der Waals surface area contributed by atoms with E-state index in [1.165, 1.54) is 42.5 Å². The Morgan fingerprint density at radius 3 is 2.50 bits per heavy atom. The molecule has 0 saturated carbocycles. The second-order valence-corrected chi connectivity index (χ2v) is 5.65. The Bertz CT molecular complexity index is 662. The lowest BCUT2D eigenvalue weighted by Gasteiger charge is -2.12. The Morgan fingerprint density at radius 2 is 1.86 bits per heavy atom. The second kappa shape index (κ2) is 7.47. The molecule has 0 aromatic heterocycles. The Kier molecular flexibility index (Phi) is 5.63. The number of aliphatic hydroxyl groups excluding tert-OH is 1. The van der Waals surface area contributed by atoms with E-state index in [-0.39, 0.29) is 24.7 Å². The van der Waals surface area contributed by atoms with Gasteiger partial charge in [0.15, 0.2) is 0 Å². The molecule has 0 aliphatic carbocycles. The van der Waals surface area contributed by atoms with Crippen molar-refractivity contribution in [2.24, 2.45) is 0 Å². The van der Waals surface area contributed by atoms with Crippen molar-refractivity contribution in [2.45, 2.75) is 12.5 Å². The second-order valence-electron chi connectivity index (χ2n) is 4.80. The standard InChI is InChI=1S/C16H14BrF2NO2/c17-13-7-10(1-6-14(13)19)8-16(22)20-9-15(21)11-2-4-12(18)5-3-11/h1-7,15,21H,8-9H2,(H,20,22). The number of carbonyl (C=O) groups excluding carboxylic acids is 1. The summed E-state index contributed by atoms with van der Waals surface area (Å²) in [4.78, 5) is 11.8. The molecule has 2 aromatic carbocycles. The molecule has 0 bridgehead atoms. The fourth-order valence-electron chi connectivity index (χ4n) is 1.91. The van der Waals surface area contributed by atoms with E-state index < -0.39 is 11.9 Å². The normalized spacial score (nSPS) is 12.0. The van der Waals surface area contributed by atoms with Crippen LogP contribution in [0, 0.1) is 11.6 Å². The van der Waals surface area contributed by atoms with Crippen LogP contribution in [0.1, 0.15) is 17.2 Å². The number of nitrogens with one attached hydrogen (secondary N) is 1. The summed E-state index contributed by atoms with van der Waals surface area (Å²) < 4.78 is 26.2. The average Bonchev–Trinajstić information content (AvgIpc) is 2.49. The minimum atomic E-state index is -0.912. The number of aliphatic hydroxyl groups is 1. The lowest BCUT2D eigenvalue weighted by Crippen LogP contribution is -2.29. The minimum absolute atomic E-state index is 0.0207. The van der Waals surface area contributed by atoms with Gasteiger partial charge in [-0.05, 0) is 51.3 Å². The number of hydrogen-bond acceptors (Lipinski definition) is 2. The summed E-state index contributed by atoms with van der Waals surface area (Å²) in [6.07, 6.45) is -0.834. The summed E-state index contributed by atoms with van der Waals surface area (Å²) in [7, 11) is 0. The first-order chi connectivity index (χ1) is 10.5. The Morgan fingerprint density at radius 1 is 1.18 bits per heavy atom. The third-order valence-electron chi connectivity index (χ3n) is 3.10. The summed E-state index contributed by atoms with van der Waals surface area (Å²) >= 11 is 3.06. The molecular weight excluding hydrogens is 356 g/mol. The van der Waals surface area contributed by atoms with Crippen LogP contribution in [0.5, 0.6) is 0 Å². The zero-order chi connectivity index (χ0) is 16.1. The van der Waals surface area contributed by atoms with Gasteiger partial charge in [-0.25, -0.2) is 8.78 Å². The highest BCUT2D eigenvalue weighted by Gasteiger charge is 2.11. The molecule has 1 atom stereocenters. The first-order valence-corrected chi connectivity index (χ1v) is 7.39. The van der Waals surface area contributed by atoms with Crippen molar-refractivity contribution in [3.63, 3.8) is 0 Å². The molecule has 0 heterocycles. The highest BCUT2D eigenvalue weighted by molar-refractivity contribution is 9.10. The van der Waals surface area contributed by atoms with Crippen molar-refractivity contribution >= 4 is 21.8 Å². The summed E-state index contributed by atoms with van der Waals surface area (Å²) in [5.74, 6) is -1.07. The van der Waals surface area contributed by atoms with Gasteiger partial charge in [-0.3, -0.25) is 4.79 Å². The Hall–Kier alpha value is -1.79. The van der Waals surface area contributed by atoms with Gasteiger partial charge < -0.3 is 10.4 Å². The first kappa shape index (κ1) is 16.6. The zero-order valence-corrected chi connectivity index (χ0v) is 13.1. The number of halogens is 3. The fourth-order valence-corrected chi connectivity index (χ4v) is 2.34. The summed E-state index contributed by atoms with van der Waals surface area (Å²) in [5, 5.41) is 12.5. The maximum atomic E-state index is 13.1. The van der Waals surface area contributed by atoms with E-state index in [9.17, 15) is 18.7 Å². The SMILES string of the molecule is O=C(Cc1ccc(F)c(Br)c1)NCC(O)c1ccc(F)cc1. The largest absolute Gasteiger partial charge is 0.387 e. The van der Waals surface area contributed by atoms with Crippen LogP contribution in [0.2, 0.25) is 0 Å². The Balaban J connectivity index is 1.86. The van der Waals surface area contributed by atoms with Crippen molar-refractivity contribution in [1.29, 1.82) is 0 Å². The quantitative estimate of drug-likeness (QED) is 0.850. The van der Waals surface area contributed by atoms with E-state index in [0.717, 1.165) is 0 Å². The highest BCUT2D eigenvalue weighted by atomic mass is 79.9. The molecule has 22 heavy (non-hydrogen) atoms. The molecule has 2 rings (SSSR count). The average molecular weight is 370 g/mol. The van der Waals surface area contributed by atoms with Gasteiger partial charge in [0, 0.05) is 6.54 Å². The van der Waals surface area contributed by atoms with Gasteiger partial charge in [-0.15, -0.1) is 0 Å². The van der Waals surface area contributed by atoms with E-state index in [0.29, 0.717) is 15.6 Å². The van der Waals surface area contributed by atoms with E-state index in [4.69, 9.17) is 0 Å². The topological polar surface area (TPSA) is 49.3 Å². The van der Waals surface area contributed by atoms with E-state index in [1.807, 2.05) is 0 Å². The van der Waals surface area contributed by atoms with Crippen LogP contribution in [0.15, 0.2) is 46.9 Å². The van der Waals surface area contributed by atoms with E-state index >= 15 is 0 Å². The number of benzene rings is 2. The Labute approximate surface area is 135 Å². The van der Waals surface area contributed by atoms with Crippen LogP contribution in [-0.4, -0.2) is 17.6 Å². The molecule has 0 fully saturated rings. The zero-order valence-electron chi connectivity index (χ0n) is 11.5. The number of rotatable bonds is 5. The molecule has 1 amide bonds. The molecule has 116 valence electrons. The summed E-state index contributed by atoms with van der Waals surface area (Å²) in [6.45, 7) is 0.0207. The molecular formula is C16H14BrF2NO2. The van der Waals surface area contributed by atoms with Crippen LogP contribution in [0.3, 0.4) is 0 Å². The molecule has 0 aliphatic heterocycles. The maximum absolute atomic E-state index is 13.1. The van der Waals surface area contributed by atoms with E-state index in [2.05, 4.69) is 21.2 Å². The lowest BCUT2D eigenvalue weighted by molar-refractivity contribution is -0.120. The molecule has 1 unspecified atom stereocenters. The minimum Gasteiger partial charge on any atom is -0.387 e. The van der Waals surface area contributed by atoms with Gasteiger partial charge in [-0.1, -0.05) is 18.2 Å². The van der Waals surface area contributed by atoms with Crippen LogP contribution in [0.4, 0.5) is 8.78 Å².